The molecular weight excluding hydrogens is 232 g/mol. The van der Waals surface area contributed by atoms with Gasteiger partial charge < -0.3 is 0 Å². The Labute approximate surface area is 106 Å². The molecule has 0 fully saturated rings. The molecule has 0 amide bonds. The quantitative estimate of drug-likeness (QED) is 0.635. The summed E-state index contributed by atoms with van der Waals surface area (Å²) in [5.74, 6) is 0. The van der Waals surface area contributed by atoms with E-state index >= 15 is 0 Å². The van der Waals surface area contributed by atoms with Crippen LogP contribution in [-0.4, -0.2) is 0 Å². The average molecular weight is 245 g/mol. The van der Waals surface area contributed by atoms with Crippen molar-refractivity contribution in [3.8, 4) is 0 Å². The van der Waals surface area contributed by atoms with Crippen LogP contribution in [0.1, 0.15) is 11.1 Å². The Kier molecular flexibility index (Phi) is 3.55. The highest BCUT2D eigenvalue weighted by atomic mass is 35.5. The Morgan fingerprint density at radius 3 is 2.06 bits per heavy atom. The number of hydrogen-bond donors (Lipinski definition) is 0. The van der Waals surface area contributed by atoms with E-state index < -0.39 is 0 Å². The number of benzene rings is 2. The molecule has 0 N–H and O–H groups in total. The monoisotopic (exact) mass is 244 g/mol. The highest BCUT2D eigenvalue weighted by Gasteiger charge is 1.96. The van der Waals surface area contributed by atoms with Gasteiger partial charge in [0.05, 0.1) is 11.4 Å². The fourth-order valence-electron chi connectivity index (χ4n) is 1.37. The molecule has 0 heterocycles. The van der Waals surface area contributed by atoms with Gasteiger partial charge in [-0.25, -0.2) is 0 Å². The first-order valence-electron chi connectivity index (χ1n) is 5.40. The van der Waals surface area contributed by atoms with Crippen LogP contribution in [0.4, 0.5) is 11.4 Å². The Morgan fingerprint density at radius 1 is 0.824 bits per heavy atom. The van der Waals surface area contributed by atoms with Crippen molar-refractivity contribution in [3.63, 3.8) is 0 Å². The van der Waals surface area contributed by atoms with Crippen molar-refractivity contribution < 1.29 is 0 Å². The summed E-state index contributed by atoms with van der Waals surface area (Å²) in [5.41, 5.74) is 3.86. The minimum atomic E-state index is 0.713. The van der Waals surface area contributed by atoms with Gasteiger partial charge in [-0.3, -0.25) is 0 Å². The summed E-state index contributed by atoms with van der Waals surface area (Å²) in [6, 6.07) is 13.6. The summed E-state index contributed by atoms with van der Waals surface area (Å²) >= 11 is 6.01. The van der Waals surface area contributed by atoms with Gasteiger partial charge in [-0.05, 0) is 43.7 Å². The number of azo groups is 1. The molecule has 2 aromatic carbocycles. The van der Waals surface area contributed by atoms with Crippen LogP contribution < -0.4 is 0 Å². The zero-order valence-corrected chi connectivity index (χ0v) is 10.6. The molecule has 86 valence electrons. The maximum Gasteiger partial charge on any atom is 0.0872 e. The second-order valence-electron chi connectivity index (χ2n) is 3.97. The van der Waals surface area contributed by atoms with Crippen LogP contribution >= 0.6 is 11.6 Å². The standard InChI is InChI=1S/C14H13ClN2/c1-10-3-6-12(7-4-10)16-17-13-8-5-11(2)14(15)9-13/h3-9H,1-2H3. The van der Waals surface area contributed by atoms with Crippen LogP contribution in [0.15, 0.2) is 52.7 Å². The molecule has 0 aliphatic heterocycles. The van der Waals surface area contributed by atoms with Gasteiger partial charge in [-0.1, -0.05) is 35.4 Å². The summed E-state index contributed by atoms with van der Waals surface area (Å²) in [6.45, 7) is 4.00. The van der Waals surface area contributed by atoms with Crippen molar-refractivity contribution in [2.45, 2.75) is 13.8 Å². The van der Waals surface area contributed by atoms with Crippen LogP contribution in [0.25, 0.3) is 0 Å². The van der Waals surface area contributed by atoms with E-state index in [0.717, 1.165) is 16.9 Å². The topological polar surface area (TPSA) is 24.7 Å². The van der Waals surface area contributed by atoms with Crippen molar-refractivity contribution in [2.24, 2.45) is 10.2 Å². The lowest BCUT2D eigenvalue weighted by atomic mass is 10.2. The van der Waals surface area contributed by atoms with Crippen LogP contribution in [0, 0.1) is 13.8 Å². The Hall–Kier alpha value is -1.67. The van der Waals surface area contributed by atoms with E-state index in [2.05, 4.69) is 10.2 Å². The van der Waals surface area contributed by atoms with Gasteiger partial charge in [0.2, 0.25) is 0 Å². The molecule has 0 radical (unpaired) electrons. The third-order valence-electron chi connectivity index (χ3n) is 2.47. The SMILES string of the molecule is Cc1ccc(N=Nc2ccc(C)c(Cl)c2)cc1. The van der Waals surface area contributed by atoms with Crippen LogP contribution in [0.5, 0.6) is 0 Å². The van der Waals surface area contributed by atoms with Crippen molar-refractivity contribution in [1.29, 1.82) is 0 Å². The molecular formula is C14H13ClN2. The summed E-state index contributed by atoms with van der Waals surface area (Å²) in [7, 11) is 0. The second-order valence-corrected chi connectivity index (χ2v) is 4.38. The summed E-state index contributed by atoms with van der Waals surface area (Å²) in [5, 5.41) is 9.02. The third-order valence-corrected chi connectivity index (χ3v) is 2.88. The maximum absolute atomic E-state index is 6.01. The van der Waals surface area contributed by atoms with Gasteiger partial charge in [-0.2, -0.15) is 10.2 Å². The fourth-order valence-corrected chi connectivity index (χ4v) is 1.55. The molecule has 0 bridgehead atoms. The molecule has 2 aromatic rings. The van der Waals surface area contributed by atoms with Gasteiger partial charge in [0.1, 0.15) is 0 Å². The summed E-state index contributed by atoms with van der Waals surface area (Å²) in [4.78, 5) is 0. The number of halogens is 1. The minimum absolute atomic E-state index is 0.713. The Bertz CT molecular complexity index is 545. The number of hydrogen-bond acceptors (Lipinski definition) is 2. The average Bonchev–Trinajstić information content (AvgIpc) is 2.33. The van der Waals surface area contributed by atoms with Crippen molar-refractivity contribution in [3.05, 3.63) is 58.6 Å². The van der Waals surface area contributed by atoms with E-state index in [-0.39, 0.29) is 0 Å². The van der Waals surface area contributed by atoms with E-state index in [0.29, 0.717) is 5.02 Å². The molecule has 0 aliphatic rings. The normalized spacial score (nSPS) is 11.0. The molecule has 17 heavy (non-hydrogen) atoms. The predicted octanol–water partition coefficient (Wildman–Crippen LogP) is 5.37. The molecule has 0 saturated heterocycles. The second kappa shape index (κ2) is 5.11. The Balaban J connectivity index is 2.20. The van der Waals surface area contributed by atoms with Crippen molar-refractivity contribution >= 4 is 23.0 Å². The van der Waals surface area contributed by atoms with Gasteiger partial charge in [0.15, 0.2) is 0 Å². The maximum atomic E-state index is 6.01. The van der Waals surface area contributed by atoms with E-state index in [1.165, 1.54) is 5.56 Å². The molecule has 2 nitrogen and oxygen atoms in total. The molecule has 0 spiro atoms. The van der Waals surface area contributed by atoms with Gasteiger partial charge in [0, 0.05) is 5.02 Å². The third kappa shape index (κ3) is 3.14. The summed E-state index contributed by atoms with van der Waals surface area (Å²) < 4.78 is 0. The molecule has 0 atom stereocenters. The lowest BCUT2D eigenvalue weighted by Gasteiger charge is -1.98. The molecule has 0 saturated carbocycles. The van der Waals surface area contributed by atoms with Crippen molar-refractivity contribution in [1.82, 2.24) is 0 Å². The fraction of sp³-hybridized carbons (Fsp3) is 0.143. The highest BCUT2D eigenvalue weighted by molar-refractivity contribution is 6.31. The van der Waals surface area contributed by atoms with Gasteiger partial charge >= 0.3 is 0 Å². The number of nitrogens with zero attached hydrogens (tertiary/aromatic N) is 2. The van der Waals surface area contributed by atoms with Gasteiger partial charge in [-0.15, -0.1) is 0 Å². The first-order valence-corrected chi connectivity index (χ1v) is 5.77. The molecule has 0 aromatic heterocycles. The number of rotatable bonds is 2. The number of aryl methyl sites for hydroxylation is 2. The lowest BCUT2D eigenvalue weighted by molar-refractivity contribution is 1.22. The van der Waals surface area contributed by atoms with Crippen LogP contribution in [0.3, 0.4) is 0 Å². The van der Waals surface area contributed by atoms with Crippen molar-refractivity contribution in [2.75, 3.05) is 0 Å². The lowest BCUT2D eigenvalue weighted by Crippen LogP contribution is -1.73. The first kappa shape index (κ1) is 11.8. The van der Waals surface area contributed by atoms with Gasteiger partial charge in [0.25, 0.3) is 0 Å². The van der Waals surface area contributed by atoms with Crippen LogP contribution in [0.2, 0.25) is 5.02 Å². The highest BCUT2D eigenvalue weighted by Crippen LogP contribution is 2.24. The first-order chi connectivity index (χ1) is 8.15. The molecule has 2 rings (SSSR count). The zero-order chi connectivity index (χ0) is 12.3. The largest absolute Gasteiger partial charge is 0.151 e. The smallest absolute Gasteiger partial charge is 0.0872 e. The van der Waals surface area contributed by atoms with E-state index in [1.807, 2.05) is 56.3 Å². The molecule has 0 unspecified atom stereocenters. The Morgan fingerprint density at radius 2 is 1.41 bits per heavy atom. The van der Waals surface area contributed by atoms with Crippen LogP contribution in [-0.2, 0) is 0 Å². The summed E-state index contributed by atoms with van der Waals surface area (Å²) in [6.07, 6.45) is 0. The predicted molar refractivity (Wildman–Crippen MR) is 71.5 cm³/mol. The zero-order valence-electron chi connectivity index (χ0n) is 9.81. The molecule has 3 heteroatoms. The van der Waals surface area contributed by atoms with E-state index in [1.54, 1.807) is 0 Å². The van der Waals surface area contributed by atoms with E-state index in [4.69, 9.17) is 11.6 Å². The minimum Gasteiger partial charge on any atom is -0.151 e. The van der Waals surface area contributed by atoms with E-state index in [9.17, 15) is 0 Å². The molecule has 0 aliphatic carbocycles.